The van der Waals surface area contributed by atoms with Crippen LogP contribution in [0, 0.1) is 5.82 Å². The summed E-state index contributed by atoms with van der Waals surface area (Å²) in [5, 5.41) is 6.51. The molecular formula is C16H24FN3O2. The van der Waals surface area contributed by atoms with Gasteiger partial charge in [-0.25, -0.2) is 4.39 Å². The van der Waals surface area contributed by atoms with Gasteiger partial charge < -0.3 is 20.1 Å². The van der Waals surface area contributed by atoms with Gasteiger partial charge in [-0.05, 0) is 44.9 Å². The molecule has 1 aromatic carbocycles. The van der Waals surface area contributed by atoms with E-state index in [4.69, 9.17) is 9.47 Å². The minimum absolute atomic E-state index is 0.0691. The molecule has 0 radical (unpaired) electrons. The van der Waals surface area contributed by atoms with Crippen LogP contribution in [0.4, 0.5) is 4.39 Å². The van der Waals surface area contributed by atoms with Crippen LogP contribution in [0.3, 0.4) is 0 Å². The number of hydrogen-bond acceptors (Lipinski definition) is 3. The highest BCUT2D eigenvalue weighted by Gasteiger charge is 2.17. The molecule has 0 aliphatic carbocycles. The Hall–Kier alpha value is -1.82. The first-order valence-electron chi connectivity index (χ1n) is 7.40. The number of benzene rings is 1. The Morgan fingerprint density at radius 1 is 1.36 bits per heavy atom. The molecule has 1 aliphatic rings. The van der Waals surface area contributed by atoms with Gasteiger partial charge in [0.2, 0.25) is 0 Å². The fourth-order valence-electron chi connectivity index (χ4n) is 2.29. The number of ether oxygens (including phenoxy) is 2. The van der Waals surface area contributed by atoms with E-state index in [1.165, 1.54) is 12.1 Å². The molecule has 2 rings (SSSR count). The summed E-state index contributed by atoms with van der Waals surface area (Å²) in [5.41, 5.74) is 1.54. The summed E-state index contributed by atoms with van der Waals surface area (Å²) >= 11 is 0. The van der Waals surface area contributed by atoms with Gasteiger partial charge in [-0.15, -0.1) is 0 Å². The summed E-state index contributed by atoms with van der Waals surface area (Å²) in [4.78, 5) is 4.18. The van der Waals surface area contributed by atoms with Gasteiger partial charge in [0.15, 0.2) is 12.8 Å². The number of rotatable bonds is 3. The monoisotopic (exact) mass is 309 g/mol. The molecule has 5 nitrogen and oxygen atoms in total. The maximum Gasteiger partial charge on any atom is 0.191 e. The molecule has 22 heavy (non-hydrogen) atoms. The second-order valence-electron chi connectivity index (χ2n) is 6.29. The number of nitrogens with zero attached hydrogens (tertiary/aromatic N) is 1. The van der Waals surface area contributed by atoms with Gasteiger partial charge in [0.25, 0.3) is 0 Å². The van der Waals surface area contributed by atoms with Crippen molar-refractivity contribution in [1.29, 1.82) is 0 Å². The van der Waals surface area contributed by atoms with Gasteiger partial charge in [0, 0.05) is 24.7 Å². The largest absolute Gasteiger partial charge is 0.467 e. The third-order valence-electron chi connectivity index (χ3n) is 3.16. The summed E-state index contributed by atoms with van der Waals surface area (Å²) in [5.74, 6) is 1.20. The van der Waals surface area contributed by atoms with Crippen LogP contribution in [0.15, 0.2) is 17.1 Å². The average molecular weight is 309 g/mol. The van der Waals surface area contributed by atoms with E-state index in [-0.39, 0.29) is 18.1 Å². The quantitative estimate of drug-likeness (QED) is 0.664. The SMILES string of the molecule is CN=C(NCCc1cc(F)cc2c1OCOC2)NC(C)(C)C. The minimum Gasteiger partial charge on any atom is -0.467 e. The second kappa shape index (κ2) is 6.96. The Balaban J connectivity index is 1.98. The van der Waals surface area contributed by atoms with Gasteiger partial charge in [0.05, 0.1) is 6.61 Å². The van der Waals surface area contributed by atoms with Crippen LogP contribution in [0.1, 0.15) is 31.9 Å². The zero-order chi connectivity index (χ0) is 16.2. The van der Waals surface area contributed by atoms with Crippen molar-refractivity contribution >= 4 is 5.96 Å². The molecule has 0 atom stereocenters. The van der Waals surface area contributed by atoms with E-state index in [1.54, 1.807) is 7.05 Å². The lowest BCUT2D eigenvalue weighted by molar-refractivity contribution is -0.0172. The summed E-state index contributed by atoms with van der Waals surface area (Å²) in [6.07, 6.45) is 0.644. The molecule has 0 bridgehead atoms. The van der Waals surface area contributed by atoms with Crippen molar-refractivity contribution in [3.05, 3.63) is 29.1 Å². The number of aliphatic imine (C=N–C) groups is 1. The molecule has 1 aliphatic heterocycles. The molecule has 2 N–H and O–H groups in total. The Morgan fingerprint density at radius 2 is 2.14 bits per heavy atom. The predicted octanol–water partition coefficient (Wildman–Crippen LogP) is 2.20. The molecular weight excluding hydrogens is 285 g/mol. The normalized spacial score (nSPS) is 15.0. The van der Waals surface area contributed by atoms with Crippen LogP contribution in [-0.4, -0.2) is 31.9 Å². The summed E-state index contributed by atoms with van der Waals surface area (Å²) < 4.78 is 24.4. The van der Waals surface area contributed by atoms with Crippen LogP contribution in [0.2, 0.25) is 0 Å². The zero-order valence-corrected chi connectivity index (χ0v) is 13.6. The zero-order valence-electron chi connectivity index (χ0n) is 13.6. The van der Waals surface area contributed by atoms with Crippen molar-refractivity contribution in [3.63, 3.8) is 0 Å². The Morgan fingerprint density at radius 3 is 2.82 bits per heavy atom. The maximum absolute atomic E-state index is 13.7. The van der Waals surface area contributed by atoms with Gasteiger partial charge >= 0.3 is 0 Å². The van der Waals surface area contributed by atoms with Crippen molar-refractivity contribution in [2.24, 2.45) is 4.99 Å². The lowest BCUT2D eigenvalue weighted by Crippen LogP contribution is -2.48. The van der Waals surface area contributed by atoms with Gasteiger partial charge in [0.1, 0.15) is 11.6 Å². The van der Waals surface area contributed by atoms with E-state index in [1.807, 2.05) is 0 Å². The fourth-order valence-corrected chi connectivity index (χ4v) is 2.29. The van der Waals surface area contributed by atoms with E-state index in [2.05, 4.69) is 36.4 Å². The second-order valence-corrected chi connectivity index (χ2v) is 6.29. The third kappa shape index (κ3) is 4.59. The number of guanidine groups is 1. The standard InChI is InChI=1S/C16H24FN3O2/c1-16(2,3)20-15(18-4)19-6-5-11-7-13(17)8-12-9-21-10-22-14(11)12/h7-8H,5-6,9-10H2,1-4H3,(H2,18,19,20). The van der Waals surface area contributed by atoms with Gasteiger partial charge in [-0.2, -0.15) is 0 Å². The number of nitrogens with one attached hydrogen (secondary N) is 2. The van der Waals surface area contributed by atoms with Gasteiger partial charge in [-0.1, -0.05) is 0 Å². The van der Waals surface area contributed by atoms with Crippen molar-refractivity contribution in [2.45, 2.75) is 39.3 Å². The average Bonchev–Trinajstić information content (AvgIpc) is 2.44. The molecule has 0 aromatic heterocycles. The lowest BCUT2D eigenvalue weighted by Gasteiger charge is -2.24. The smallest absolute Gasteiger partial charge is 0.191 e. The van der Waals surface area contributed by atoms with E-state index in [0.29, 0.717) is 19.6 Å². The third-order valence-corrected chi connectivity index (χ3v) is 3.16. The van der Waals surface area contributed by atoms with E-state index in [0.717, 1.165) is 22.8 Å². The van der Waals surface area contributed by atoms with Crippen molar-refractivity contribution in [3.8, 4) is 5.75 Å². The van der Waals surface area contributed by atoms with Crippen LogP contribution in [-0.2, 0) is 17.8 Å². The topological polar surface area (TPSA) is 54.9 Å². The van der Waals surface area contributed by atoms with Crippen molar-refractivity contribution in [1.82, 2.24) is 10.6 Å². The summed E-state index contributed by atoms with van der Waals surface area (Å²) in [7, 11) is 1.73. The molecule has 0 saturated carbocycles. The highest BCUT2D eigenvalue weighted by molar-refractivity contribution is 5.80. The molecule has 1 aromatic rings. The molecule has 0 amide bonds. The molecule has 0 saturated heterocycles. The van der Waals surface area contributed by atoms with Crippen LogP contribution >= 0.6 is 0 Å². The van der Waals surface area contributed by atoms with Crippen molar-refractivity contribution < 1.29 is 13.9 Å². The Bertz CT molecular complexity index is 553. The van der Waals surface area contributed by atoms with Crippen LogP contribution in [0.25, 0.3) is 0 Å². The van der Waals surface area contributed by atoms with Gasteiger partial charge in [-0.3, -0.25) is 4.99 Å². The molecule has 6 heteroatoms. The Labute approximate surface area is 130 Å². The predicted molar refractivity (Wildman–Crippen MR) is 84.6 cm³/mol. The van der Waals surface area contributed by atoms with E-state index in [9.17, 15) is 4.39 Å². The molecule has 0 fully saturated rings. The Kier molecular flexibility index (Phi) is 5.24. The fraction of sp³-hybridized carbons (Fsp3) is 0.562. The number of halogens is 1. The number of hydrogen-bond donors (Lipinski definition) is 2. The number of fused-ring (bicyclic) bond motifs is 1. The first-order chi connectivity index (χ1) is 10.4. The minimum atomic E-state index is -0.264. The first kappa shape index (κ1) is 16.5. The maximum atomic E-state index is 13.7. The van der Waals surface area contributed by atoms with E-state index < -0.39 is 0 Å². The molecule has 0 spiro atoms. The molecule has 0 unspecified atom stereocenters. The van der Waals surface area contributed by atoms with Crippen LogP contribution < -0.4 is 15.4 Å². The molecule has 1 heterocycles. The first-order valence-corrected chi connectivity index (χ1v) is 7.40. The van der Waals surface area contributed by atoms with Crippen molar-refractivity contribution in [2.75, 3.05) is 20.4 Å². The molecule has 122 valence electrons. The lowest BCUT2D eigenvalue weighted by atomic mass is 10.1. The highest BCUT2D eigenvalue weighted by Crippen LogP contribution is 2.29. The summed E-state index contributed by atoms with van der Waals surface area (Å²) in [6.45, 7) is 7.44. The summed E-state index contributed by atoms with van der Waals surface area (Å²) in [6, 6.07) is 2.98. The van der Waals surface area contributed by atoms with E-state index >= 15 is 0 Å². The highest BCUT2D eigenvalue weighted by atomic mass is 19.1. The van der Waals surface area contributed by atoms with Crippen LogP contribution in [0.5, 0.6) is 5.75 Å².